The average Bonchev–Trinajstić information content (AvgIpc) is 2.47. The summed E-state index contributed by atoms with van der Waals surface area (Å²) in [7, 11) is 0. The van der Waals surface area contributed by atoms with Gasteiger partial charge in [-0.15, -0.1) is 11.8 Å². The van der Waals surface area contributed by atoms with Gasteiger partial charge in [0.2, 0.25) is 0 Å². The number of benzene rings is 2. The van der Waals surface area contributed by atoms with Crippen molar-refractivity contribution in [1.82, 2.24) is 0 Å². The molecule has 2 N–H and O–H groups in total. The number of aryl methyl sites for hydroxylation is 1. The third-order valence-corrected chi connectivity index (χ3v) is 4.02. The van der Waals surface area contributed by atoms with Crippen LogP contribution in [0, 0.1) is 0 Å². The van der Waals surface area contributed by atoms with Crippen molar-refractivity contribution in [3.8, 4) is 11.1 Å². The van der Waals surface area contributed by atoms with E-state index in [0.717, 1.165) is 25.1 Å². The lowest BCUT2D eigenvalue weighted by atomic mass is 10.0. The largest absolute Gasteiger partial charge is 0.330 e. The lowest BCUT2D eigenvalue weighted by molar-refractivity contribution is 0.833. The van der Waals surface area contributed by atoms with Crippen molar-refractivity contribution < 1.29 is 0 Å². The van der Waals surface area contributed by atoms with E-state index in [9.17, 15) is 0 Å². The number of nitrogens with two attached hydrogens (primary N) is 1. The Kier molecular flexibility index (Phi) is 5.49. The molecule has 0 bridgehead atoms. The molecule has 0 fully saturated rings. The van der Waals surface area contributed by atoms with Crippen LogP contribution in [0.5, 0.6) is 0 Å². The van der Waals surface area contributed by atoms with E-state index in [1.165, 1.54) is 21.6 Å². The number of hydrogen-bond acceptors (Lipinski definition) is 2. The first-order valence-corrected chi connectivity index (χ1v) is 7.84. The molecule has 0 unspecified atom stereocenters. The number of hydrogen-bond donors (Lipinski definition) is 1. The fourth-order valence-electron chi connectivity index (χ4n) is 2.08. The highest BCUT2D eigenvalue weighted by Gasteiger charge is 1.99. The van der Waals surface area contributed by atoms with E-state index in [2.05, 4.69) is 55.5 Å². The predicted octanol–water partition coefficient (Wildman–Crippen LogP) is 4.36. The van der Waals surface area contributed by atoms with Gasteiger partial charge in [0.25, 0.3) is 0 Å². The first-order valence-electron chi connectivity index (χ1n) is 6.85. The Morgan fingerprint density at radius 3 is 2.00 bits per heavy atom. The van der Waals surface area contributed by atoms with E-state index in [1.807, 2.05) is 11.8 Å². The van der Waals surface area contributed by atoms with Gasteiger partial charge in [-0.1, -0.05) is 43.3 Å². The lowest BCUT2D eigenvalue weighted by Gasteiger charge is -2.05. The number of rotatable bonds is 6. The van der Waals surface area contributed by atoms with Crippen LogP contribution in [0.4, 0.5) is 0 Å². The van der Waals surface area contributed by atoms with Gasteiger partial charge in [-0.25, -0.2) is 0 Å². The third kappa shape index (κ3) is 4.12. The first-order chi connectivity index (χ1) is 9.33. The van der Waals surface area contributed by atoms with Gasteiger partial charge in [0.1, 0.15) is 0 Å². The van der Waals surface area contributed by atoms with E-state index < -0.39 is 0 Å². The zero-order chi connectivity index (χ0) is 13.5. The van der Waals surface area contributed by atoms with Crippen LogP contribution in [0.15, 0.2) is 53.4 Å². The topological polar surface area (TPSA) is 26.0 Å². The molecule has 0 amide bonds. The second-order valence-corrected chi connectivity index (χ2v) is 5.88. The summed E-state index contributed by atoms with van der Waals surface area (Å²) in [6.07, 6.45) is 2.13. The first kappa shape index (κ1) is 14.2. The Bertz CT molecular complexity index is 488. The molecule has 2 heteroatoms. The van der Waals surface area contributed by atoms with Crippen LogP contribution in [0.1, 0.15) is 18.9 Å². The van der Waals surface area contributed by atoms with Crippen LogP contribution in [0.25, 0.3) is 11.1 Å². The minimum atomic E-state index is 0.762. The number of thioether (sulfide) groups is 1. The fraction of sp³-hybridized carbons (Fsp3) is 0.294. The Balaban J connectivity index is 2.08. The Morgan fingerprint density at radius 1 is 0.895 bits per heavy atom. The predicted molar refractivity (Wildman–Crippen MR) is 85.7 cm³/mol. The molecule has 2 aromatic carbocycles. The van der Waals surface area contributed by atoms with Crippen molar-refractivity contribution in [2.45, 2.75) is 24.7 Å². The molecule has 2 rings (SSSR count). The third-order valence-electron chi connectivity index (χ3n) is 3.12. The lowest BCUT2D eigenvalue weighted by Crippen LogP contribution is -2.00. The molecule has 0 aromatic heterocycles. The van der Waals surface area contributed by atoms with Crippen molar-refractivity contribution in [3.05, 3.63) is 54.1 Å². The molecule has 0 aliphatic carbocycles. The molecule has 0 aliphatic rings. The molecule has 19 heavy (non-hydrogen) atoms. The molecule has 0 atom stereocenters. The molecule has 0 saturated heterocycles. The van der Waals surface area contributed by atoms with Gasteiger partial charge in [-0.3, -0.25) is 0 Å². The summed E-state index contributed by atoms with van der Waals surface area (Å²) in [5.41, 5.74) is 9.47. The average molecular weight is 271 g/mol. The van der Waals surface area contributed by atoms with Crippen LogP contribution in [0.3, 0.4) is 0 Å². The molecule has 0 saturated carbocycles. The highest BCUT2D eigenvalue weighted by molar-refractivity contribution is 7.99. The van der Waals surface area contributed by atoms with E-state index in [4.69, 9.17) is 5.73 Å². The highest BCUT2D eigenvalue weighted by Crippen LogP contribution is 2.24. The SMILES string of the molecule is CCSc1ccc(-c2ccc(CCCN)cc2)cc1. The zero-order valence-corrected chi connectivity index (χ0v) is 12.2. The second kappa shape index (κ2) is 7.37. The van der Waals surface area contributed by atoms with Crippen LogP contribution >= 0.6 is 11.8 Å². The standard InChI is InChI=1S/C17H21NS/c1-2-19-17-11-9-16(10-12-17)15-7-5-14(6-8-15)4-3-13-18/h5-12H,2-4,13,18H2,1H3. The molecule has 0 aliphatic heterocycles. The van der Waals surface area contributed by atoms with Crippen LogP contribution in [0.2, 0.25) is 0 Å². The van der Waals surface area contributed by atoms with Crippen LogP contribution < -0.4 is 5.73 Å². The Hall–Kier alpha value is -1.25. The maximum Gasteiger partial charge on any atom is 0.00722 e. The molecule has 2 aromatic rings. The molecular weight excluding hydrogens is 250 g/mol. The van der Waals surface area contributed by atoms with Crippen LogP contribution in [-0.4, -0.2) is 12.3 Å². The van der Waals surface area contributed by atoms with Crippen molar-refractivity contribution in [2.24, 2.45) is 5.73 Å². The van der Waals surface area contributed by atoms with Gasteiger partial charge >= 0.3 is 0 Å². The maximum absolute atomic E-state index is 5.53. The molecule has 0 spiro atoms. The quantitative estimate of drug-likeness (QED) is 0.790. The monoisotopic (exact) mass is 271 g/mol. The summed E-state index contributed by atoms with van der Waals surface area (Å²) < 4.78 is 0. The molecular formula is C17H21NS. The summed E-state index contributed by atoms with van der Waals surface area (Å²) >= 11 is 1.88. The summed E-state index contributed by atoms with van der Waals surface area (Å²) in [5.74, 6) is 1.12. The van der Waals surface area contributed by atoms with E-state index >= 15 is 0 Å². The van der Waals surface area contributed by atoms with Crippen molar-refractivity contribution in [2.75, 3.05) is 12.3 Å². The minimum Gasteiger partial charge on any atom is -0.330 e. The second-order valence-electron chi connectivity index (χ2n) is 4.55. The van der Waals surface area contributed by atoms with Crippen molar-refractivity contribution >= 4 is 11.8 Å². The summed E-state index contributed by atoms with van der Waals surface area (Å²) in [5, 5.41) is 0. The highest BCUT2D eigenvalue weighted by atomic mass is 32.2. The van der Waals surface area contributed by atoms with Gasteiger partial charge in [0, 0.05) is 4.90 Å². The van der Waals surface area contributed by atoms with E-state index in [0.29, 0.717) is 0 Å². The summed E-state index contributed by atoms with van der Waals surface area (Å²) in [6, 6.07) is 17.6. The Morgan fingerprint density at radius 2 is 1.47 bits per heavy atom. The minimum absolute atomic E-state index is 0.762. The Labute approximate surface area is 120 Å². The van der Waals surface area contributed by atoms with E-state index in [-0.39, 0.29) is 0 Å². The van der Waals surface area contributed by atoms with E-state index in [1.54, 1.807) is 0 Å². The molecule has 1 nitrogen and oxygen atoms in total. The smallest absolute Gasteiger partial charge is 0.00722 e. The maximum atomic E-state index is 5.53. The van der Waals surface area contributed by atoms with Crippen molar-refractivity contribution in [1.29, 1.82) is 0 Å². The van der Waals surface area contributed by atoms with Gasteiger partial charge in [0.15, 0.2) is 0 Å². The van der Waals surface area contributed by atoms with Crippen molar-refractivity contribution in [3.63, 3.8) is 0 Å². The van der Waals surface area contributed by atoms with Gasteiger partial charge in [0.05, 0.1) is 0 Å². The zero-order valence-electron chi connectivity index (χ0n) is 11.4. The van der Waals surface area contributed by atoms with Gasteiger partial charge in [-0.05, 0) is 54.0 Å². The van der Waals surface area contributed by atoms with Crippen LogP contribution in [-0.2, 0) is 6.42 Å². The normalized spacial score (nSPS) is 10.6. The summed E-state index contributed by atoms with van der Waals surface area (Å²) in [4.78, 5) is 1.34. The molecule has 100 valence electrons. The summed E-state index contributed by atoms with van der Waals surface area (Å²) in [6.45, 7) is 2.94. The molecule has 0 radical (unpaired) electrons. The van der Waals surface area contributed by atoms with Gasteiger partial charge < -0.3 is 5.73 Å². The molecule has 0 heterocycles. The fourth-order valence-corrected chi connectivity index (χ4v) is 2.74. The van der Waals surface area contributed by atoms with Gasteiger partial charge in [-0.2, -0.15) is 0 Å².